The fourth-order valence-corrected chi connectivity index (χ4v) is 4.81. The van der Waals surface area contributed by atoms with Gasteiger partial charge < -0.3 is 5.11 Å². The third-order valence-electron chi connectivity index (χ3n) is 6.42. The molecular weight excluding hydrogens is 382 g/mol. The molecule has 2 aromatic carbocycles. The number of nitrogens with zero attached hydrogens (tertiary/aromatic N) is 3. The van der Waals surface area contributed by atoms with E-state index in [0.717, 1.165) is 49.0 Å². The molecule has 0 spiro atoms. The quantitative estimate of drug-likeness (QED) is 0.481. The number of aromatic hydroxyl groups is 1. The molecular formula is C27H27N3O. The number of phenols is 1. The van der Waals surface area contributed by atoms with Crippen molar-refractivity contribution in [1.82, 2.24) is 14.9 Å². The minimum atomic E-state index is -0.0784. The van der Waals surface area contributed by atoms with Crippen molar-refractivity contribution < 1.29 is 5.11 Å². The molecule has 0 unspecified atom stereocenters. The maximum atomic E-state index is 11.1. The molecule has 1 aliphatic heterocycles. The van der Waals surface area contributed by atoms with Crippen LogP contribution in [0.3, 0.4) is 0 Å². The summed E-state index contributed by atoms with van der Waals surface area (Å²) in [4.78, 5) is 11.6. The average molecular weight is 410 g/mol. The maximum absolute atomic E-state index is 11.1. The zero-order valence-corrected chi connectivity index (χ0v) is 17.6. The van der Waals surface area contributed by atoms with Gasteiger partial charge in [-0.25, -0.2) is 0 Å². The molecule has 1 aliphatic rings. The number of aromatic nitrogens is 2. The van der Waals surface area contributed by atoms with E-state index in [0.29, 0.717) is 11.4 Å². The minimum absolute atomic E-state index is 0.0784. The Bertz CT molecular complexity index is 1140. The lowest BCUT2D eigenvalue weighted by atomic mass is 9.88. The van der Waals surface area contributed by atoms with Crippen molar-refractivity contribution in [2.75, 3.05) is 13.1 Å². The Hall–Kier alpha value is -3.24. The number of pyridine rings is 2. The first-order valence-electron chi connectivity index (χ1n) is 11.0. The van der Waals surface area contributed by atoms with E-state index in [4.69, 9.17) is 0 Å². The molecule has 0 aliphatic carbocycles. The van der Waals surface area contributed by atoms with Crippen molar-refractivity contribution >= 4 is 10.9 Å². The van der Waals surface area contributed by atoms with E-state index in [9.17, 15) is 5.11 Å². The smallest absolute Gasteiger partial charge is 0.146 e. The predicted molar refractivity (Wildman–Crippen MR) is 124 cm³/mol. The maximum Gasteiger partial charge on any atom is 0.146 e. The highest BCUT2D eigenvalue weighted by Gasteiger charge is 2.30. The Labute approximate surface area is 183 Å². The third kappa shape index (κ3) is 4.17. The van der Waals surface area contributed by atoms with Crippen LogP contribution >= 0.6 is 0 Å². The van der Waals surface area contributed by atoms with Crippen molar-refractivity contribution in [2.45, 2.75) is 25.3 Å². The van der Waals surface area contributed by atoms with Crippen LogP contribution in [0.25, 0.3) is 10.9 Å². The Morgan fingerprint density at radius 1 is 0.839 bits per heavy atom. The third-order valence-corrected chi connectivity index (χ3v) is 6.42. The molecule has 0 saturated carbocycles. The highest BCUT2D eigenvalue weighted by molar-refractivity contribution is 5.85. The monoisotopic (exact) mass is 409 g/mol. The standard InChI is InChI=1S/C27H27N3O/c31-27-23(12-11-22-9-6-16-29-25(22)27)26(24-10-4-5-15-28-24)30-17-13-21(14-18-30)19-20-7-2-1-3-8-20/h1-12,15-16,21,26,31H,13-14,17-19H2/t26-/m1/s1. The zero-order valence-electron chi connectivity index (χ0n) is 17.6. The summed E-state index contributed by atoms with van der Waals surface area (Å²) in [5, 5.41) is 12.1. The van der Waals surface area contributed by atoms with Gasteiger partial charge in [0.15, 0.2) is 0 Å². The summed E-state index contributed by atoms with van der Waals surface area (Å²) in [6, 6.07) is 24.7. The first-order valence-corrected chi connectivity index (χ1v) is 11.0. The van der Waals surface area contributed by atoms with Crippen LogP contribution in [0.5, 0.6) is 5.75 Å². The first kappa shape index (κ1) is 19.7. The van der Waals surface area contributed by atoms with Gasteiger partial charge in [0.2, 0.25) is 0 Å². The second kappa shape index (κ2) is 8.86. The fourth-order valence-electron chi connectivity index (χ4n) is 4.81. The van der Waals surface area contributed by atoms with E-state index in [2.05, 4.69) is 57.3 Å². The molecule has 1 fully saturated rings. The Balaban J connectivity index is 1.43. The van der Waals surface area contributed by atoms with Crippen molar-refractivity contribution in [3.8, 4) is 5.75 Å². The zero-order chi connectivity index (χ0) is 21.0. The lowest BCUT2D eigenvalue weighted by molar-refractivity contribution is 0.147. The van der Waals surface area contributed by atoms with Gasteiger partial charge in [0.25, 0.3) is 0 Å². The van der Waals surface area contributed by atoms with Crippen molar-refractivity contribution in [1.29, 1.82) is 0 Å². The number of piperidine rings is 1. The van der Waals surface area contributed by atoms with Crippen molar-refractivity contribution in [2.24, 2.45) is 5.92 Å². The molecule has 1 atom stereocenters. The minimum Gasteiger partial charge on any atom is -0.505 e. The van der Waals surface area contributed by atoms with Crippen molar-refractivity contribution in [3.63, 3.8) is 0 Å². The number of hydrogen-bond donors (Lipinski definition) is 1. The van der Waals surface area contributed by atoms with Crippen LogP contribution in [0.4, 0.5) is 0 Å². The summed E-state index contributed by atoms with van der Waals surface area (Å²) in [6.07, 6.45) is 6.99. The molecule has 31 heavy (non-hydrogen) atoms. The highest BCUT2D eigenvalue weighted by atomic mass is 16.3. The van der Waals surface area contributed by atoms with E-state index in [-0.39, 0.29) is 11.8 Å². The molecule has 0 bridgehead atoms. The number of rotatable bonds is 5. The Kier molecular flexibility index (Phi) is 5.63. The van der Waals surface area contributed by atoms with Gasteiger partial charge in [-0.05, 0) is 62.0 Å². The summed E-state index contributed by atoms with van der Waals surface area (Å²) >= 11 is 0. The molecule has 4 heteroatoms. The SMILES string of the molecule is Oc1c([C@H](c2ccccn2)N2CCC(Cc3ccccc3)CC2)ccc2cccnc12. The summed E-state index contributed by atoms with van der Waals surface area (Å²) in [5.74, 6) is 0.954. The van der Waals surface area contributed by atoms with E-state index < -0.39 is 0 Å². The van der Waals surface area contributed by atoms with Gasteiger partial charge in [-0.15, -0.1) is 0 Å². The lowest BCUT2D eigenvalue weighted by Crippen LogP contribution is -2.38. The molecule has 4 nitrogen and oxygen atoms in total. The van der Waals surface area contributed by atoms with Crippen LogP contribution in [0.2, 0.25) is 0 Å². The van der Waals surface area contributed by atoms with Gasteiger partial charge in [0.1, 0.15) is 11.3 Å². The molecule has 156 valence electrons. The summed E-state index contributed by atoms with van der Waals surface area (Å²) in [7, 11) is 0. The lowest BCUT2D eigenvalue weighted by Gasteiger charge is -2.38. The molecule has 1 N–H and O–H groups in total. The molecule has 1 saturated heterocycles. The summed E-state index contributed by atoms with van der Waals surface area (Å²) in [6.45, 7) is 1.97. The largest absolute Gasteiger partial charge is 0.505 e. The van der Waals surface area contributed by atoms with Gasteiger partial charge in [-0.2, -0.15) is 0 Å². The topological polar surface area (TPSA) is 49.3 Å². The molecule has 3 heterocycles. The van der Waals surface area contributed by atoms with Crippen LogP contribution in [0.1, 0.15) is 35.7 Å². The van der Waals surface area contributed by atoms with Crippen LogP contribution in [0.15, 0.2) is 85.2 Å². The first-order chi connectivity index (χ1) is 15.3. The number of phenolic OH excluding ortho intramolecular Hbond substituents is 1. The van der Waals surface area contributed by atoms with Gasteiger partial charge in [-0.3, -0.25) is 14.9 Å². The van der Waals surface area contributed by atoms with Gasteiger partial charge >= 0.3 is 0 Å². The Morgan fingerprint density at radius 2 is 1.61 bits per heavy atom. The van der Waals surface area contributed by atoms with Crippen LogP contribution in [0, 0.1) is 5.92 Å². The summed E-state index contributed by atoms with van der Waals surface area (Å²) in [5.41, 5.74) is 3.92. The van der Waals surface area contributed by atoms with E-state index >= 15 is 0 Å². The molecule has 4 aromatic rings. The second-order valence-corrected chi connectivity index (χ2v) is 8.40. The number of benzene rings is 2. The van der Waals surface area contributed by atoms with E-state index in [1.807, 2.05) is 36.5 Å². The molecule has 0 radical (unpaired) electrons. The highest BCUT2D eigenvalue weighted by Crippen LogP contribution is 2.39. The van der Waals surface area contributed by atoms with Gasteiger partial charge in [-0.1, -0.05) is 54.6 Å². The summed E-state index contributed by atoms with van der Waals surface area (Å²) < 4.78 is 0. The molecule has 2 aromatic heterocycles. The average Bonchev–Trinajstić information content (AvgIpc) is 2.83. The van der Waals surface area contributed by atoms with E-state index in [1.54, 1.807) is 6.20 Å². The van der Waals surface area contributed by atoms with E-state index in [1.165, 1.54) is 5.56 Å². The van der Waals surface area contributed by atoms with Gasteiger partial charge in [0.05, 0.1) is 11.7 Å². The molecule has 5 rings (SSSR count). The second-order valence-electron chi connectivity index (χ2n) is 8.40. The van der Waals surface area contributed by atoms with Crippen LogP contribution < -0.4 is 0 Å². The normalized spacial score (nSPS) is 16.4. The molecule has 0 amide bonds. The number of fused-ring (bicyclic) bond motifs is 1. The van der Waals surface area contributed by atoms with Crippen molar-refractivity contribution in [3.05, 3.63) is 102 Å². The number of hydrogen-bond acceptors (Lipinski definition) is 4. The van der Waals surface area contributed by atoms with Crippen LogP contribution in [-0.4, -0.2) is 33.1 Å². The van der Waals surface area contributed by atoms with Crippen LogP contribution in [-0.2, 0) is 6.42 Å². The fraction of sp³-hybridized carbons (Fsp3) is 0.259. The number of likely N-dealkylation sites (tertiary alicyclic amines) is 1. The predicted octanol–water partition coefficient (Wildman–Crippen LogP) is 5.38. The van der Waals surface area contributed by atoms with Gasteiger partial charge in [0, 0.05) is 23.3 Å². The Morgan fingerprint density at radius 3 is 2.39 bits per heavy atom.